The molecule has 0 aromatic heterocycles. The second kappa shape index (κ2) is 3.98. The molecule has 0 saturated heterocycles. The van der Waals surface area contributed by atoms with E-state index in [9.17, 15) is 17.1 Å². The lowest BCUT2D eigenvalue weighted by Crippen LogP contribution is -2.09. The summed E-state index contributed by atoms with van der Waals surface area (Å²) in [6, 6.07) is 4.06. The number of carbonyl (C=O) groups is 1. The number of aryl methyl sites for hydroxylation is 1. The summed E-state index contributed by atoms with van der Waals surface area (Å²) in [6.07, 6.45) is 0. The van der Waals surface area contributed by atoms with Gasteiger partial charge in [0, 0.05) is 0 Å². The molecule has 0 fully saturated rings. The summed E-state index contributed by atoms with van der Waals surface area (Å²) in [4.78, 5) is 10.6. The van der Waals surface area contributed by atoms with Gasteiger partial charge in [-0.1, -0.05) is 12.1 Å². The molecule has 0 aliphatic rings. The van der Waals surface area contributed by atoms with Crippen molar-refractivity contribution in [2.45, 2.75) is 11.8 Å². The Kier molecular flexibility index (Phi) is 3.09. The third-order valence-electron chi connectivity index (χ3n) is 1.86. The summed E-state index contributed by atoms with van der Waals surface area (Å²) in [6.45, 7) is 1.40. The number of methoxy groups -OCH3 is 1. The maximum atomic E-state index is 12.9. The fraction of sp³-hybridized carbons (Fsp3) is 0.222. The second-order valence-electron chi connectivity index (χ2n) is 2.88. The van der Waals surface area contributed by atoms with E-state index in [1.54, 1.807) is 0 Å². The average molecular weight is 232 g/mol. The largest absolute Gasteiger partial charge is 0.465 e. The van der Waals surface area contributed by atoms with Crippen LogP contribution < -0.4 is 0 Å². The first-order valence-electron chi connectivity index (χ1n) is 4.00. The third-order valence-corrected chi connectivity index (χ3v) is 2.89. The van der Waals surface area contributed by atoms with Crippen LogP contribution in [0.2, 0.25) is 0 Å². The van der Waals surface area contributed by atoms with Crippen LogP contribution in [0.15, 0.2) is 23.1 Å². The van der Waals surface area contributed by atoms with E-state index in [2.05, 4.69) is 4.74 Å². The molecule has 4 nitrogen and oxygen atoms in total. The van der Waals surface area contributed by atoms with E-state index >= 15 is 0 Å². The normalized spacial score (nSPS) is 11.1. The van der Waals surface area contributed by atoms with Crippen molar-refractivity contribution in [2.24, 2.45) is 0 Å². The van der Waals surface area contributed by atoms with Crippen molar-refractivity contribution in [3.05, 3.63) is 29.3 Å². The topological polar surface area (TPSA) is 60.4 Å². The second-order valence-corrected chi connectivity index (χ2v) is 4.16. The van der Waals surface area contributed by atoms with E-state index in [4.69, 9.17) is 0 Å². The molecule has 0 saturated carbocycles. The number of rotatable bonds is 2. The molecule has 0 atom stereocenters. The molecule has 0 aliphatic carbocycles. The number of ether oxygens (including phenoxy) is 1. The lowest BCUT2D eigenvalue weighted by atomic mass is 10.1. The van der Waals surface area contributed by atoms with Crippen LogP contribution in [0, 0.1) is 6.92 Å². The zero-order chi connectivity index (χ0) is 11.6. The zero-order valence-corrected chi connectivity index (χ0v) is 8.97. The molecule has 0 radical (unpaired) electrons. The summed E-state index contributed by atoms with van der Waals surface area (Å²) < 4.78 is 38.9. The molecular weight excluding hydrogens is 223 g/mol. The van der Waals surface area contributed by atoms with E-state index in [1.807, 2.05) is 0 Å². The van der Waals surface area contributed by atoms with Gasteiger partial charge in [-0.05, 0) is 18.6 Å². The fourth-order valence-electron chi connectivity index (χ4n) is 1.25. The minimum absolute atomic E-state index is 0.167. The van der Waals surface area contributed by atoms with Crippen LogP contribution in [-0.4, -0.2) is 21.5 Å². The highest BCUT2D eigenvalue weighted by atomic mass is 32.3. The summed E-state index contributed by atoms with van der Waals surface area (Å²) >= 11 is 0. The molecule has 0 amide bonds. The highest BCUT2D eigenvalue weighted by Gasteiger charge is 2.24. The van der Waals surface area contributed by atoms with Gasteiger partial charge < -0.3 is 4.74 Å². The van der Waals surface area contributed by atoms with Crippen LogP contribution in [0.1, 0.15) is 15.9 Å². The molecule has 0 N–H and O–H groups in total. The summed E-state index contributed by atoms with van der Waals surface area (Å²) in [5.74, 6) is -0.880. The van der Waals surface area contributed by atoms with E-state index in [-0.39, 0.29) is 11.1 Å². The molecule has 0 spiro atoms. The van der Waals surface area contributed by atoms with Gasteiger partial charge in [0.25, 0.3) is 0 Å². The molecule has 0 unspecified atom stereocenters. The van der Waals surface area contributed by atoms with Crippen LogP contribution in [0.4, 0.5) is 3.89 Å². The van der Waals surface area contributed by atoms with Gasteiger partial charge in [0.15, 0.2) is 0 Å². The lowest BCUT2D eigenvalue weighted by molar-refractivity contribution is 0.0596. The Bertz CT molecular complexity index is 493. The lowest BCUT2D eigenvalue weighted by Gasteiger charge is -2.06. The Morgan fingerprint density at radius 3 is 2.47 bits per heavy atom. The van der Waals surface area contributed by atoms with Gasteiger partial charge in [0.1, 0.15) is 4.90 Å². The number of hydrogen-bond donors (Lipinski definition) is 0. The smallest absolute Gasteiger partial charge is 0.339 e. The van der Waals surface area contributed by atoms with E-state index < -0.39 is 21.1 Å². The Hall–Kier alpha value is -1.43. The van der Waals surface area contributed by atoms with Crippen molar-refractivity contribution < 1.29 is 21.8 Å². The molecule has 0 bridgehead atoms. The third kappa shape index (κ3) is 2.33. The number of carbonyl (C=O) groups excluding carboxylic acids is 1. The van der Waals surface area contributed by atoms with Crippen LogP contribution in [0.5, 0.6) is 0 Å². The van der Waals surface area contributed by atoms with Crippen molar-refractivity contribution in [1.82, 2.24) is 0 Å². The quantitative estimate of drug-likeness (QED) is 0.571. The monoisotopic (exact) mass is 232 g/mol. The minimum Gasteiger partial charge on any atom is -0.465 e. The summed E-state index contributed by atoms with van der Waals surface area (Å²) in [7, 11) is -3.82. The molecule has 6 heteroatoms. The molecular formula is C9H9FO4S. The molecule has 1 aromatic carbocycles. The van der Waals surface area contributed by atoms with E-state index in [0.717, 1.165) is 7.11 Å². The standard InChI is InChI=1S/C9H9FO4S/c1-6-4-3-5-7(9(11)14-2)8(6)15(10,12)13/h3-5H,1-2H3. The predicted molar refractivity (Wildman–Crippen MR) is 50.8 cm³/mol. The van der Waals surface area contributed by atoms with Gasteiger partial charge in [-0.3, -0.25) is 0 Å². The average Bonchev–Trinajstić information content (AvgIpc) is 2.14. The first kappa shape index (κ1) is 11.6. The van der Waals surface area contributed by atoms with Crippen molar-refractivity contribution >= 4 is 16.2 Å². The van der Waals surface area contributed by atoms with Crippen molar-refractivity contribution in [3.8, 4) is 0 Å². The van der Waals surface area contributed by atoms with Crippen LogP contribution >= 0.6 is 0 Å². The van der Waals surface area contributed by atoms with Gasteiger partial charge >= 0.3 is 16.2 Å². The molecule has 15 heavy (non-hydrogen) atoms. The summed E-state index contributed by atoms with van der Waals surface area (Å²) in [5, 5.41) is 0. The summed E-state index contributed by atoms with van der Waals surface area (Å²) in [5.41, 5.74) is -0.125. The van der Waals surface area contributed by atoms with Gasteiger partial charge in [0.05, 0.1) is 12.7 Å². The first-order chi connectivity index (χ1) is 6.88. The van der Waals surface area contributed by atoms with Gasteiger partial charge in [-0.15, -0.1) is 3.89 Å². The van der Waals surface area contributed by atoms with Gasteiger partial charge in [-0.25, -0.2) is 4.79 Å². The first-order valence-corrected chi connectivity index (χ1v) is 5.39. The Balaban J connectivity index is 3.54. The molecule has 1 aromatic rings. The Morgan fingerprint density at radius 2 is 2.00 bits per heavy atom. The van der Waals surface area contributed by atoms with Crippen LogP contribution in [-0.2, 0) is 15.0 Å². The van der Waals surface area contributed by atoms with Gasteiger partial charge in [0.2, 0.25) is 0 Å². The maximum Gasteiger partial charge on any atom is 0.339 e. The fourth-order valence-corrected chi connectivity index (χ4v) is 2.11. The minimum atomic E-state index is -4.92. The SMILES string of the molecule is COC(=O)c1cccc(C)c1S(=O)(=O)F. The van der Waals surface area contributed by atoms with Crippen molar-refractivity contribution in [2.75, 3.05) is 7.11 Å². The molecule has 82 valence electrons. The number of esters is 1. The molecule has 0 heterocycles. The van der Waals surface area contributed by atoms with E-state index in [1.165, 1.54) is 25.1 Å². The van der Waals surface area contributed by atoms with Crippen LogP contribution in [0.25, 0.3) is 0 Å². The predicted octanol–water partition coefficient (Wildman–Crippen LogP) is 1.44. The Labute approximate surface area is 86.9 Å². The Morgan fingerprint density at radius 1 is 1.40 bits per heavy atom. The van der Waals surface area contributed by atoms with Gasteiger partial charge in [-0.2, -0.15) is 8.42 Å². The molecule has 1 rings (SSSR count). The van der Waals surface area contributed by atoms with E-state index in [0.29, 0.717) is 0 Å². The number of benzene rings is 1. The number of halogens is 1. The molecule has 0 aliphatic heterocycles. The van der Waals surface area contributed by atoms with Crippen molar-refractivity contribution in [3.63, 3.8) is 0 Å². The maximum absolute atomic E-state index is 12.9. The highest BCUT2D eigenvalue weighted by Crippen LogP contribution is 2.22. The zero-order valence-electron chi connectivity index (χ0n) is 8.15. The van der Waals surface area contributed by atoms with Crippen molar-refractivity contribution in [1.29, 1.82) is 0 Å². The highest BCUT2D eigenvalue weighted by molar-refractivity contribution is 7.86. The number of hydrogen-bond acceptors (Lipinski definition) is 4. The van der Waals surface area contributed by atoms with Crippen LogP contribution in [0.3, 0.4) is 0 Å².